The van der Waals surface area contributed by atoms with Gasteiger partial charge in [0, 0.05) is 18.1 Å². The van der Waals surface area contributed by atoms with Gasteiger partial charge in [-0.2, -0.15) is 0 Å². The van der Waals surface area contributed by atoms with Crippen molar-refractivity contribution in [2.24, 2.45) is 0 Å². The monoisotopic (exact) mass is 394 g/mol. The number of nitrogens with one attached hydrogen (secondary N) is 2. The van der Waals surface area contributed by atoms with Crippen LogP contribution >= 0.6 is 24.0 Å². The lowest BCUT2D eigenvalue weighted by atomic mass is 10.0. The van der Waals surface area contributed by atoms with Gasteiger partial charge in [-0.05, 0) is 43.9 Å². The van der Waals surface area contributed by atoms with Crippen molar-refractivity contribution < 1.29 is 17.9 Å². The van der Waals surface area contributed by atoms with Crippen LogP contribution in [-0.4, -0.2) is 39.6 Å². The maximum Gasteiger partial charge on any atom is 0.339 e. The Bertz CT molecular complexity index is 714. The van der Waals surface area contributed by atoms with Crippen LogP contribution in [-0.2, 0) is 14.8 Å². The fourth-order valence-corrected chi connectivity index (χ4v) is 4.99. The first-order valence-corrected chi connectivity index (χ1v) is 9.41. The predicted octanol–water partition coefficient (Wildman–Crippen LogP) is 2.11. The summed E-state index contributed by atoms with van der Waals surface area (Å²) in [6, 6.07) is 4.74. The van der Waals surface area contributed by atoms with Gasteiger partial charge in [-0.25, -0.2) is 17.9 Å². The maximum absolute atomic E-state index is 12.5. The molecule has 24 heavy (non-hydrogen) atoms. The Labute approximate surface area is 152 Å². The SMILES string of the molecule is COC(=O)c1ccc(S(=O)(=O)NC2CC3CCC(C2)N3)cc1Cl.Cl. The quantitative estimate of drug-likeness (QED) is 0.763. The van der Waals surface area contributed by atoms with Crippen LogP contribution in [0.1, 0.15) is 36.0 Å². The van der Waals surface area contributed by atoms with Gasteiger partial charge in [0.2, 0.25) is 10.0 Å². The van der Waals surface area contributed by atoms with E-state index in [1.807, 2.05) is 0 Å². The van der Waals surface area contributed by atoms with E-state index in [0.717, 1.165) is 25.7 Å². The fourth-order valence-electron chi connectivity index (χ4n) is 3.38. The Morgan fingerprint density at radius 1 is 1.29 bits per heavy atom. The predicted molar refractivity (Wildman–Crippen MR) is 93.3 cm³/mol. The second-order valence-corrected chi connectivity index (χ2v) is 8.18. The first-order chi connectivity index (χ1) is 10.9. The molecular formula is C15H20Cl2N2O4S. The molecule has 2 atom stereocenters. The zero-order valence-electron chi connectivity index (χ0n) is 13.1. The van der Waals surface area contributed by atoms with Gasteiger partial charge in [0.05, 0.1) is 22.6 Å². The van der Waals surface area contributed by atoms with Crippen LogP contribution in [0.25, 0.3) is 0 Å². The summed E-state index contributed by atoms with van der Waals surface area (Å²) in [5, 5.41) is 3.53. The molecule has 0 radical (unpaired) electrons. The topological polar surface area (TPSA) is 84.5 Å². The lowest BCUT2D eigenvalue weighted by molar-refractivity contribution is 0.0601. The number of carbonyl (C=O) groups is 1. The molecule has 1 aromatic carbocycles. The Kier molecular flexibility index (Phi) is 6.14. The van der Waals surface area contributed by atoms with Gasteiger partial charge in [0.25, 0.3) is 0 Å². The number of halogens is 2. The molecule has 3 rings (SSSR count). The molecule has 0 aromatic heterocycles. The molecule has 0 spiro atoms. The molecule has 1 aromatic rings. The molecule has 2 saturated heterocycles. The summed E-state index contributed by atoms with van der Waals surface area (Å²) in [6.07, 6.45) is 3.79. The summed E-state index contributed by atoms with van der Waals surface area (Å²) < 4.78 is 32.4. The maximum atomic E-state index is 12.5. The summed E-state index contributed by atoms with van der Waals surface area (Å²) in [5.74, 6) is -0.596. The minimum absolute atomic E-state index is 0. The van der Waals surface area contributed by atoms with Crippen molar-refractivity contribution >= 4 is 40.0 Å². The number of piperidine rings is 1. The van der Waals surface area contributed by atoms with Gasteiger partial charge in [-0.1, -0.05) is 11.6 Å². The highest BCUT2D eigenvalue weighted by Crippen LogP contribution is 2.28. The standard InChI is InChI=1S/C15H19ClN2O4S.ClH/c1-22-15(19)13-5-4-12(8-14(13)16)23(20,21)18-11-6-9-2-3-10(7-11)17-9;/h4-5,8-11,17-18H,2-3,6-7H2,1H3;1H. The van der Waals surface area contributed by atoms with Crippen LogP contribution in [0.15, 0.2) is 23.1 Å². The normalized spacial score (nSPS) is 25.8. The number of hydrogen-bond acceptors (Lipinski definition) is 5. The summed E-state index contributed by atoms with van der Waals surface area (Å²) in [4.78, 5) is 11.6. The zero-order valence-corrected chi connectivity index (χ0v) is 15.5. The Morgan fingerprint density at radius 3 is 2.46 bits per heavy atom. The molecule has 6 nitrogen and oxygen atoms in total. The number of hydrogen-bond donors (Lipinski definition) is 2. The minimum Gasteiger partial charge on any atom is -0.465 e. The second kappa shape index (κ2) is 7.58. The molecule has 9 heteroatoms. The molecule has 0 amide bonds. The van der Waals surface area contributed by atoms with E-state index in [1.54, 1.807) is 0 Å². The average molecular weight is 395 g/mol. The molecule has 2 heterocycles. The zero-order chi connectivity index (χ0) is 16.6. The summed E-state index contributed by atoms with van der Waals surface area (Å²) >= 11 is 6.01. The molecule has 0 saturated carbocycles. The van der Waals surface area contributed by atoms with Gasteiger partial charge in [-0.15, -0.1) is 12.4 Å². The van der Waals surface area contributed by atoms with Crippen LogP contribution in [0, 0.1) is 0 Å². The smallest absolute Gasteiger partial charge is 0.339 e. The third-order valence-corrected chi connectivity index (χ3v) is 6.28. The summed E-state index contributed by atoms with van der Waals surface area (Å²) in [7, 11) is -2.42. The van der Waals surface area contributed by atoms with E-state index in [1.165, 1.54) is 25.3 Å². The van der Waals surface area contributed by atoms with Crippen LogP contribution in [0.3, 0.4) is 0 Å². The largest absolute Gasteiger partial charge is 0.465 e. The van der Waals surface area contributed by atoms with Crippen molar-refractivity contribution in [2.45, 2.75) is 48.7 Å². The Hall–Kier alpha value is -0.860. The van der Waals surface area contributed by atoms with Gasteiger partial charge in [-0.3, -0.25) is 0 Å². The number of sulfonamides is 1. The van der Waals surface area contributed by atoms with Crippen molar-refractivity contribution in [3.63, 3.8) is 0 Å². The van der Waals surface area contributed by atoms with Gasteiger partial charge in [0.1, 0.15) is 0 Å². The van der Waals surface area contributed by atoms with E-state index in [9.17, 15) is 13.2 Å². The molecule has 2 N–H and O–H groups in total. The number of carbonyl (C=O) groups excluding carboxylic acids is 1. The van der Waals surface area contributed by atoms with Crippen molar-refractivity contribution in [1.29, 1.82) is 0 Å². The first-order valence-electron chi connectivity index (χ1n) is 7.55. The minimum atomic E-state index is -3.67. The Balaban J connectivity index is 0.00000208. The molecule has 2 bridgehead atoms. The molecule has 2 aliphatic rings. The summed E-state index contributed by atoms with van der Waals surface area (Å²) in [6.45, 7) is 0. The van der Waals surface area contributed by atoms with Crippen molar-refractivity contribution in [3.8, 4) is 0 Å². The van der Waals surface area contributed by atoms with Gasteiger partial charge >= 0.3 is 5.97 Å². The number of ether oxygens (including phenoxy) is 1. The molecule has 0 aliphatic carbocycles. The number of methoxy groups -OCH3 is 1. The van der Waals surface area contributed by atoms with Gasteiger partial charge < -0.3 is 10.1 Å². The lowest BCUT2D eigenvalue weighted by Gasteiger charge is -2.29. The van der Waals surface area contributed by atoms with Crippen LogP contribution in [0.2, 0.25) is 5.02 Å². The van der Waals surface area contributed by atoms with E-state index in [2.05, 4.69) is 14.8 Å². The average Bonchev–Trinajstić information content (AvgIpc) is 2.85. The second-order valence-electron chi connectivity index (χ2n) is 6.06. The third kappa shape index (κ3) is 4.03. The first kappa shape index (κ1) is 19.5. The number of esters is 1. The molecule has 2 unspecified atom stereocenters. The van der Waals surface area contributed by atoms with Crippen molar-refractivity contribution in [2.75, 3.05) is 7.11 Å². The molecule has 134 valence electrons. The third-order valence-electron chi connectivity index (χ3n) is 4.45. The van der Waals surface area contributed by atoms with E-state index < -0.39 is 16.0 Å². The number of rotatable bonds is 4. The number of fused-ring (bicyclic) bond motifs is 2. The fraction of sp³-hybridized carbons (Fsp3) is 0.533. The van der Waals surface area contributed by atoms with E-state index in [-0.39, 0.29) is 33.9 Å². The summed E-state index contributed by atoms with van der Waals surface area (Å²) in [5.41, 5.74) is 0.146. The highest BCUT2D eigenvalue weighted by Gasteiger charge is 2.35. The van der Waals surface area contributed by atoms with Crippen LogP contribution in [0.4, 0.5) is 0 Å². The van der Waals surface area contributed by atoms with E-state index in [4.69, 9.17) is 11.6 Å². The van der Waals surface area contributed by atoms with Crippen molar-refractivity contribution in [1.82, 2.24) is 10.0 Å². The highest BCUT2D eigenvalue weighted by atomic mass is 35.5. The molecular weight excluding hydrogens is 375 g/mol. The Morgan fingerprint density at radius 2 is 1.92 bits per heavy atom. The lowest BCUT2D eigenvalue weighted by Crippen LogP contribution is -2.47. The van der Waals surface area contributed by atoms with Crippen molar-refractivity contribution in [3.05, 3.63) is 28.8 Å². The molecule has 2 aliphatic heterocycles. The van der Waals surface area contributed by atoms with E-state index in [0.29, 0.717) is 12.1 Å². The number of benzene rings is 1. The van der Waals surface area contributed by atoms with E-state index >= 15 is 0 Å². The van der Waals surface area contributed by atoms with Crippen LogP contribution < -0.4 is 10.0 Å². The van der Waals surface area contributed by atoms with Gasteiger partial charge in [0.15, 0.2) is 0 Å². The molecule has 2 fully saturated rings. The highest BCUT2D eigenvalue weighted by molar-refractivity contribution is 7.89. The van der Waals surface area contributed by atoms with Crippen LogP contribution in [0.5, 0.6) is 0 Å².